The summed E-state index contributed by atoms with van der Waals surface area (Å²) >= 11 is 0. The second kappa shape index (κ2) is 4.42. The molecule has 1 fully saturated rings. The standard InChI is InChI=1S/C13H18FNO/c1-13(4-2-3-5-13)15-9-10-6-11(14)8-12(16)7-10/h6-8,15-16H,2-5,9H2,1H3. The van der Waals surface area contributed by atoms with Gasteiger partial charge in [-0.15, -0.1) is 0 Å². The van der Waals surface area contributed by atoms with Crippen molar-refractivity contribution < 1.29 is 9.50 Å². The quantitative estimate of drug-likeness (QED) is 0.825. The number of nitrogens with one attached hydrogen (secondary N) is 1. The highest BCUT2D eigenvalue weighted by molar-refractivity contribution is 5.28. The van der Waals surface area contributed by atoms with Crippen LogP contribution in [0.15, 0.2) is 18.2 Å². The number of phenolic OH excluding ortho intramolecular Hbond substituents is 1. The lowest BCUT2D eigenvalue weighted by Gasteiger charge is -2.25. The predicted molar refractivity (Wildman–Crippen MR) is 61.8 cm³/mol. The van der Waals surface area contributed by atoms with Crippen LogP contribution in [-0.2, 0) is 6.54 Å². The highest BCUT2D eigenvalue weighted by atomic mass is 19.1. The van der Waals surface area contributed by atoms with Crippen molar-refractivity contribution in [2.45, 2.75) is 44.7 Å². The Morgan fingerprint density at radius 2 is 2.00 bits per heavy atom. The van der Waals surface area contributed by atoms with Crippen LogP contribution in [0.5, 0.6) is 5.75 Å². The van der Waals surface area contributed by atoms with Crippen LogP contribution < -0.4 is 5.32 Å². The molecule has 0 spiro atoms. The fourth-order valence-corrected chi connectivity index (χ4v) is 2.38. The average molecular weight is 223 g/mol. The summed E-state index contributed by atoms with van der Waals surface area (Å²) in [6.45, 7) is 2.82. The molecule has 2 nitrogen and oxygen atoms in total. The molecule has 0 aromatic heterocycles. The van der Waals surface area contributed by atoms with Gasteiger partial charge in [0.15, 0.2) is 0 Å². The van der Waals surface area contributed by atoms with Crippen LogP contribution >= 0.6 is 0 Å². The molecule has 1 aromatic carbocycles. The molecule has 0 bridgehead atoms. The zero-order valence-electron chi connectivity index (χ0n) is 9.59. The number of halogens is 1. The van der Waals surface area contributed by atoms with E-state index in [1.807, 2.05) is 0 Å². The summed E-state index contributed by atoms with van der Waals surface area (Å²) < 4.78 is 13.0. The van der Waals surface area contributed by atoms with Crippen molar-refractivity contribution in [2.24, 2.45) is 0 Å². The molecule has 16 heavy (non-hydrogen) atoms. The zero-order valence-corrected chi connectivity index (χ0v) is 9.59. The van der Waals surface area contributed by atoms with Crippen molar-refractivity contribution in [2.75, 3.05) is 0 Å². The fourth-order valence-electron chi connectivity index (χ4n) is 2.38. The number of hydrogen-bond donors (Lipinski definition) is 2. The van der Waals surface area contributed by atoms with Crippen molar-refractivity contribution in [1.82, 2.24) is 5.32 Å². The Labute approximate surface area is 95.5 Å². The highest BCUT2D eigenvalue weighted by Crippen LogP contribution is 2.29. The molecule has 0 aliphatic heterocycles. The first-order valence-corrected chi connectivity index (χ1v) is 5.81. The molecular weight excluding hydrogens is 205 g/mol. The van der Waals surface area contributed by atoms with Gasteiger partial charge in [0.25, 0.3) is 0 Å². The van der Waals surface area contributed by atoms with E-state index in [4.69, 9.17) is 0 Å². The van der Waals surface area contributed by atoms with Crippen molar-refractivity contribution in [3.63, 3.8) is 0 Å². The summed E-state index contributed by atoms with van der Waals surface area (Å²) in [5.41, 5.74) is 0.979. The molecule has 2 N–H and O–H groups in total. The molecule has 88 valence electrons. The lowest BCUT2D eigenvalue weighted by molar-refractivity contribution is 0.361. The van der Waals surface area contributed by atoms with Crippen molar-refractivity contribution in [1.29, 1.82) is 0 Å². The number of aromatic hydroxyl groups is 1. The third-order valence-corrected chi connectivity index (χ3v) is 3.37. The zero-order chi connectivity index (χ0) is 11.6. The highest BCUT2D eigenvalue weighted by Gasteiger charge is 2.27. The molecule has 1 saturated carbocycles. The van der Waals surface area contributed by atoms with Crippen LogP contribution in [0.1, 0.15) is 38.2 Å². The molecular formula is C13H18FNO. The molecule has 0 radical (unpaired) electrons. The minimum Gasteiger partial charge on any atom is -0.508 e. The third kappa shape index (κ3) is 2.73. The summed E-state index contributed by atoms with van der Waals surface area (Å²) in [7, 11) is 0. The number of hydrogen-bond acceptors (Lipinski definition) is 2. The van der Waals surface area contributed by atoms with Gasteiger partial charge in [-0.3, -0.25) is 0 Å². The summed E-state index contributed by atoms with van der Waals surface area (Å²) in [5, 5.41) is 12.7. The lowest BCUT2D eigenvalue weighted by atomic mass is 10.0. The van der Waals surface area contributed by atoms with Gasteiger partial charge in [0.2, 0.25) is 0 Å². The van der Waals surface area contributed by atoms with E-state index in [0.717, 1.165) is 11.6 Å². The molecule has 2 rings (SSSR count). The van der Waals surface area contributed by atoms with Crippen molar-refractivity contribution in [3.05, 3.63) is 29.6 Å². The Balaban J connectivity index is 1.98. The average Bonchev–Trinajstić information content (AvgIpc) is 2.62. The van der Waals surface area contributed by atoms with Crippen LogP contribution in [0.3, 0.4) is 0 Å². The maximum absolute atomic E-state index is 13.0. The normalized spacial score (nSPS) is 18.9. The maximum Gasteiger partial charge on any atom is 0.127 e. The summed E-state index contributed by atoms with van der Waals surface area (Å²) in [6.07, 6.45) is 4.87. The van der Waals surface area contributed by atoms with E-state index in [1.54, 1.807) is 6.07 Å². The fraction of sp³-hybridized carbons (Fsp3) is 0.538. The molecule has 1 aliphatic rings. The van der Waals surface area contributed by atoms with E-state index in [9.17, 15) is 9.50 Å². The van der Waals surface area contributed by atoms with Crippen LogP contribution in [0.4, 0.5) is 4.39 Å². The molecule has 1 aliphatic carbocycles. The Kier molecular flexibility index (Phi) is 3.15. The smallest absolute Gasteiger partial charge is 0.127 e. The van der Waals surface area contributed by atoms with Gasteiger partial charge >= 0.3 is 0 Å². The Bertz CT molecular complexity index is 352. The van der Waals surface area contributed by atoms with E-state index >= 15 is 0 Å². The molecule has 0 unspecified atom stereocenters. The van der Waals surface area contributed by atoms with Gasteiger partial charge in [0.05, 0.1) is 0 Å². The van der Waals surface area contributed by atoms with Gasteiger partial charge in [-0.1, -0.05) is 12.8 Å². The van der Waals surface area contributed by atoms with E-state index in [1.165, 1.54) is 31.7 Å². The lowest BCUT2D eigenvalue weighted by Crippen LogP contribution is -2.38. The Morgan fingerprint density at radius 1 is 1.31 bits per heavy atom. The largest absolute Gasteiger partial charge is 0.508 e. The van der Waals surface area contributed by atoms with Crippen molar-refractivity contribution in [3.8, 4) is 5.75 Å². The van der Waals surface area contributed by atoms with Crippen LogP contribution in [0.25, 0.3) is 0 Å². The molecule has 3 heteroatoms. The van der Waals surface area contributed by atoms with Gasteiger partial charge in [-0.2, -0.15) is 0 Å². The van der Waals surface area contributed by atoms with Crippen LogP contribution in [0, 0.1) is 5.82 Å². The second-order valence-corrected chi connectivity index (χ2v) is 4.94. The third-order valence-electron chi connectivity index (χ3n) is 3.37. The molecule has 0 saturated heterocycles. The number of rotatable bonds is 3. The molecule has 0 amide bonds. The molecule has 0 heterocycles. The molecule has 1 aromatic rings. The van der Waals surface area contributed by atoms with Crippen LogP contribution in [-0.4, -0.2) is 10.6 Å². The maximum atomic E-state index is 13.0. The minimum absolute atomic E-state index is 0.00613. The van der Waals surface area contributed by atoms with E-state index < -0.39 is 0 Å². The van der Waals surface area contributed by atoms with Gasteiger partial charge in [-0.25, -0.2) is 4.39 Å². The van der Waals surface area contributed by atoms with E-state index in [2.05, 4.69) is 12.2 Å². The first kappa shape index (κ1) is 11.4. The van der Waals surface area contributed by atoms with Gasteiger partial charge < -0.3 is 10.4 Å². The summed E-state index contributed by atoms with van der Waals surface area (Å²) in [6, 6.07) is 4.19. The van der Waals surface area contributed by atoms with E-state index in [0.29, 0.717) is 6.54 Å². The topological polar surface area (TPSA) is 32.3 Å². The second-order valence-electron chi connectivity index (χ2n) is 4.94. The number of benzene rings is 1. The molecule has 0 atom stereocenters. The predicted octanol–water partition coefficient (Wildman–Crippen LogP) is 2.95. The van der Waals surface area contributed by atoms with E-state index in [-0.39, 0.29) is 17.1 Å². The number of phenols is 1. The first-order chi connectivity index (χ1) is 7.57. The SMILES string of the molecule is CC1(NCc2cc(O)cc(F)c2)CCCC1. The van der Waals surface area contributed by atoms with Crippen molar-refractivity contribution >= 4 is 0 Å². The van der Waals surface area contributed by atoms with Crippen LogP contribution in [0.2, 0.25) is 0 Å². The monoisotopic (exact) mass is 223 g/mol. The summed E-state index contributed by atoms with van der Waals surface area (Å²) in [5.74, 6) is -0.387. The Hall–Kier alpha value is -1.09. The summed E-state index contributed by atoms with van der Waals surface area (Å²) in [4.78, 5) is 0. The van der Waals surface area contributed by atoms with Gasteiger partial charge in [-0.05, 0) is 37.5 Å². The minimum atomic E-state index is -0.381. The van der Waals surface area contributed by atoms with Gasteiger partial charge in [0, 0.05) is 18.2 Å². The first-order valence-electron chi connectivity index (χ1n) is 5.81. The Morgan fingerprint density at radius 3 is 2.62 bits per heavy atom. The van der Waals surface area contributed by atoms with Gasteiger partial charge in [0.1, 0.15) is 11.6 Å².